The third-order valence-electron chi connectivity index (χ3n) is 1.81. The first-order valence-corrected chi connectivity index (χ1v) is 4.48. The molecule has 1 nitrogen and oxygen atoms in total. The molecule has 0 aromatic carbocycles. The number of aryl methyl sites for hydroxylation is 1. The standard InChI is InChI=1S/C8H10OS/c1-2-7-3-5-10-8(7)6-9-4-1/h3,5H,1-2,4,6H2. The number of rotatable bonds is 0. The maximum Gasteiger partial charge on any atom is 0.0812 e. The summed E-state index contributed by atoms with van der Waals surface area (Å²) >= 11 is 1.81. The van der Waals surface area contributed by atoms with E-state index in [4.69, 9.17) is 4.74 Å². The van der Waals surface area contributed by atoms with Gasteiger partial charge < -0.3 is 4.74 Å². The average Bonchev–Trinajstić information content (AvgIpc) is 2.28. The molecule has 2 rings (SSSR count). The van der Waals surface area contributed by atoms with E-state index in [1.165, 1.54) is 23.3 Å². The van der Waals surface area contributed by atoms with Crippen LogP contribution in [0.25, 0.3) is 0 Å². The summed E-state index contributed by atoms with van der Waals surface area (Å²) in [5, 5.41) is 2.15. The third-order valence-corrected chi connectivity index (χ3v) is 2.74. The Balaban J connectivity index is 2.28. The molecule has 0 spiro atoms. The zero-order chi connectivity index (χ0) is 6.81. The van der Waals surface area contributed by atoms with Gasteiger partial charge in [0.05, 0.1) is 6.61 Å². The molecule has 0 N–H and O–H groups in total. The Labute approximate surface area is 64.6 Å². The van der Waals surface area contributed by atoms with Crippen molar-refractivity contribution in [1.29, 1.82) is 0 Å². The van der Waals surface area contributed by atoms with Gasteiger partial charge >= 0.3 is 0 Å². The summed E-state index contributed by atoms with van der Waals surface area (Å²) < 4.78 is 5.39. The Morgan fingerprint density at radius 3 is 3.50 bits per heavy atom. The van der Waals surface area contributed by atoms with Crippen LogP contribution in [-0.2, 0) is 17.8 Å². The van der Waals surface area contributed by atoms with E-state index in [1.54, 1.807) is 0 Å². The Bertz CT molecular complexity index is 196. The van der Waals surface area contributed by atoms with Crippen LogP contribution in [0.1, 0.15) is 16.9 Å². The fourth-order valence-electron chi connectivity index (χ4n) is 1.25. The smallest absolute Gasteiger partial charge is 0.0812 e. The molecule has 0 fully saturated rings. The molecule has 0 radical (unpaired) electrons. The van der Waals surface area contributed by atoms with Crippen LogP contribution in [0.15, 0.2) is 11.4 Å². The summed E-state index contributed by atoms with van der Waals surface area (Å²) in [6, 6.07) is 2.22. The molecule has 0 saturated carbocycles. The number of fused-ring (bicyclic) bond motifs is 1. The first-order valence-electron chi connectivity index (χ1n) is 3.60. The minimum atomic E-state index is 0.840. The van der Waals surface area contributed by atoms with Gasteiger partial charge in [0.1, 0.15) is 0 Å². The van der Waals surface area contributed by atoms with E-state index in [-0.39, 0.29) is 0 Å². The van der Waals surface area contributed by atoms with E-state index in [2.05, 4.69) is 11.4 Å². The number of ether oxygens (including phenoxy) is 1. The highest BCUT2D eigenvalue weighted by Gasteiger charge is 2.07. The fraction of sp³-hybridized carbons (Fsp3) is 0.500. The van der Waals surface area contributed by atoms with Gasteiger partial charge in [0.15, 0.2) is 0 Å². The lowest BCUT2D eigenvalue weighted by atomic mass is 10.2. The van der Waals surface area contributed by atoms with Gasteiger partial charge in [0.2, 0.25) is 0 Å². The topological polar surface area (TPSA) is 9.23 Å². The second-order valence-corrected chi connectivity index (χ2v) is 3.53. The Morgan fingerprint density at radius 2 is 2.50 bits per heavy atom. The normalized spacial score (nSPS) is 18.0. The van der Waals surface area contributed by atoms with Gasteiger partial charge in [-0.25, -0.2) is 0 Å². The maximum absolute atomic E-state index is 5.39. The second-order valence-electron chi connectivity index (χ2n) is 2.53. The molecule has 0 bridgehead atoms. The first-order chi connectivity index (χ1) is 4.97. The molecule has 0 amide bonds. The van der Waals surface area contributed by atoms with Crippen molar-refractivity contribution in [3.63, 3.8) is 0 Å². The number of hydrogen-bond acceptors (Lipinski definition) is 2. The summed E-state index contributed by atoms with van der Waals surface area (Å²) in [7, 11) is 0. The van der Waals surface area contributed by atoms with Crippen LogP contribution >= 0.6 is 11.3 Å². The van der Waals surface area contributed by atoms with Crippen LogP contribution in [0.5, 0.6) is 0 Å². The van der Waals surface area contributed by atoms with Gasteiger partial charge in [-0.05, 0) is 29.9 Å². The zero-order valence-corrected chi connectivity index (χ0v) is 6.62. The second kappa shape index (κ2) is 2.72. The largest absolute Gasteiger partial charge is 0.376 e. The van der Waals surface area contributed by atoms with Crippen LogP contribution in [0.2, 0.25) is 0 Å². The highest BCUT2D eigenvalue weighted by atomic mass is 32.1. The zero-order valence-electron chi connectivity index (χ0n) is 5.80. The summed E-state index contributed by atoms with van der Waals surface area (Å²) in [5.41, 5.74) is 1.50. The van der Waals surface area contributed by atoms with Crippen molar-refractivity contribution in [2.75, 3.05) is 6.61 Å². The Hall–Kier alpha value is -0.340. The van der Waals surface area contributed by atoms with E-state index in [1.807, 2.05) is 11.3 Å². The van der Waals surface area contributed by atoms with Gasteiger partial charge in [-0.3, -0.25) is 0 Å². The molecule has 0 unspecified atom stereocenters. The van der Waals surface area contributed by atoms with Gasteiger partial charge in [-0.15, -0.1) is 11.3 Å². The van der Waals surface area contributed by atoms with Crippen molar-refractivity contribution >= 4 is 11.3 Å². The summed E-state index contributed by atoms with van der Waals surface area (Å²) in [5.74, 6) is 0. The van der Waals surface area contributed by atoms with Crippen molar-refractivity contribution in [2.45, 2.75) is 19.4 Å². The van der Waals surface area contributed by atoms with Crippen LogP contribution in [0.3, 0.4) is 0 Å². The monoisotopic (exact) mass is 154 g/mol. The molecule has 2 heteroatoms. The SMILES string of the molecule is c1cc2c(s1)COCCC2. The fourth-order valence-corrected chi connectivity index (χ4v) is 2.12. The van der Waals surface area contributed by atoms with Crippen molar-refractivity contribution in [3.05, 3.63) is 21.9 Å². The molecule has 0 saturated heterocycles. The van der Waals surface area contributed by atoms with Gasteiger partial charge in [-0.2, -0.15) is 0 Å². The van der Waals surface area contributed by atoms with Crippen LogP contribution < -0.4 is 0 Å². The molecule has 1 aromatic rings. The van der Waals surface area contributed by atoms with E-state index in [9.17, 15) is 0 Å². The molecular weight excluding hydrogens is 144 g/mol. The van der Waals surface area contributed by atoms with Gasteiger partial charge in [0, 0.05) is 11.5 Å². The molecular formula is C8H10OS. The Morgan fingerprint density at radius 1 is 1.50 bits per heavy atom. The summed E-state index contributed by atoms with van der Waals surface area (Å²) in [6.07, 6.45) is 2.39. The molecule has 1 aliphatic rings. The number of hydrogen-bond donors (Lipinski definition) is 0. The third kappa shape index (κ3) is 1.09. The predicted molar refractivity (Wildman–Crippen MR) is 42.3 cm³/mol. The molecule has 1 aromatic heterocycles. The lowest BCUT2D eigenvalue weighted by molar-refractivity contribution is 0.127. The molecule has 54 valence electrons. The quantitative estimate of drug-likeness (QED) is 0.556. The molecule has 0 atom stereocenters. The maximum atomic E-state index is 5.39. The Kier molecular flexibility index (Phi) is 1.74. The van der Waals surface area contributed by atoms with E-state index in [0.717, 1.165) is 13.2 Å². The van der Waals surface area contributed by atoms with Crippen molar-refractivity contribution in [2.24, 2.45) is 0 Å². The molecule has 0 aliphatic carbocycles. The average molecular weight is 154 g/mol. The highest BCUT2D eigenvalue weighted by Crippen LogP contribution is 2.21. The molecule has 10 heavy (non-hydrogen) atoms. The predicted octanol–water partition coefficient (Wildman–Crippen LogP) is 2.21. The lowest BCUT2D eigenvalue weighted by Crippen LogP contribution is -1.88. The first kappa shape index (κ1) is 6.38. The van der Waals surface area contributed by atoms with Crippen LogP contribution in [0, 0.1) is 0 Å². The van der Waals surface area contributed by atoms with E-state index in [0.29, 0.717) is 0 Å². The van der Waals surface area contributed by atoms with Crippen molar-refractivity contribution in [3.8, 4) is 0 Å². The van der Waals surface area contributed by atoms with Crippen molar-refractivity contribution in [1.82, 2.24) is 0 Å². The minimum absolute atomic E-state index is 0.840. The van der Waals surface area contributed by atoms with E-state index >= 15 is 0 Å². The van der Waals surface area contributed by atoms with E-state index < -0.39 is 0 Å². The van der Waals surface area contributed by atoms with Crippen LogP contribution in [-0.4, -0.2) is 6.61 Å². The van der Waals surface area contributed by atoms with Gasteiger partial charge in [0.25, 0.3) is 0 Å². The summed E-state index contributed by atoms with van der Waals surface area (Å²) in [4.78, 5) is 1.43. The molecule has 2 heterocycles. The van der Waals surface area contributed by atoms with Crippen LogP contribution in [0.4, 0.5) is 0 Å². The highest BCUT2D eigenvalue weighted by molar-refractivity contribution is 7.10. The molecule has 1 aliphatic heterocycles. The number of thiophene rings is 1. The van der Waals surface area contributed by atoms with Gasteiger partial charge in [-0.1, -0.05) is 0 Å². The summed E-state index contributed by atoms with van der Waals surface area (Å²) in [6.45, 7) is 1.77. The van der Waals surface area contributed by atoms with Crippen molar-refractivity contribution < 1.29 is 4.74 Å². The lowest BCUT2D eigenvalue weighted by Gasteiger charge is -1.94. The minimum Gasteiger partial charge on any atom is -0.376 e.